The first-order valence-electron chi connectivity index (χ1n) is 5.77. The number of hydrogen-bond donors (Lipinski definition) is 3. The molecule has 0 fully saturated rings. The fourth-order valence-corrected chi connectivity index (χ4v) is 1.76. The molecule has 0 saturated carbocycles. The Kier molecular flexibility index (Phi) is 3.80. The number of nitrogens with one attached hydrogen (secondary N) is 2. The first-order valence-corrected chi connectivity index (χ1v) is 5.77. The van der Waals surface area contributed by atoms with Gasteiger partial charge >= 0.3 is 6.18 Å². The Morgan fingerprint density at radius 1 is 1.10 bits per heavy atom. The van der Waals surface area contributed by atoms with Crippen molar-refractivity contribution in [3.05, 3.63) is 47.7 Å². The van der Waals surface area contributed by atoms with Gasteiger partial charge in [-0.25, -0.2) is 10.8 Å². The van der Waals surface area contributed by atoms with Gasteiger partial charge in [0.25, 0.3) is 0 Å². The summed E-state index contributed by atoms with van der Waals surface area (Å²) in [6.45, 7) is 1.43. The Bertz CT molecular complexity index is 611. The summed E-state index contributed by atoms with van der Waals surface area (Å²) < 4.78 is 38.5. The van der Waals surface area contributed by atoms with Gasteiger partial charge < -0.3 is 10.7 Å². The van der Waals surface area contributed by atoms with Gasteiger partial charge in [0.15, 0.2) is 0 Å². The molecule has 0 spiro atoms. The molecule has 106 valence electrons. The van der Waals surface area contributed by atoms with Crippen LogP contribution in [0.4, 0.5) is 30.4 Å². The van der Waals surface area contributed by atoms with Crippen LogP contribution in [0.15, 0.2) is 36.5 Å². The molecule has 4 N–H and O–H groups in total. The van der Waals surface area contributed by atoms with Crippen molar-refractivity contribution >= 4 is 17.2 Å². The third-order valence-electron chi connectivity index (χ3n) is 2.74. The smallest absolute Gasteiger partial charge is 0.355 e. The van der Waals surface area contributed by atoms with Crippen molar-refractivity contribution < 1.29 is 13.2 Å². The van der Waals surface area contributed by atoms with Crippen molar-refractivity contribution in [2.24, 2.45) is 5.84 Å². The van der Waals surface area contributed by atoms with Crippen LogP contribution in [-0.4, -0.2) is 4.98 Å². The summed E-state index contributed by atoms with van der Waals surface area (Å²) in [5, 5.41) is 2.88. The van der Waals surface area contributed by atoms with Gasteiger partial charge in [-0.3, -0.25) is 0 Å². The molecule has 0 bridgehead atoms. The number of halogens is 3. The number of rotatable bonds is 3. The molecule has 0 aliphatic carbocycles. The van der Waals surface area contributed by atoms with E-state index in [9.17, 15) is 13.2 Å². The molecule has 20 heavy (non-hydrogen) atoms. The fourth-order valence-electron chi connectivity index (χ4n) is 1.76. The number of alkyl halides is 3. The number of benzene rings is 1. The largest absolute Gasteiger partial charge is 0.416 e. The lowest BCUT2D eigenvalue weighted by Crippen LogP contribution is -2.09. The molecule has 0 aliphatic rings. The highest BCUT2D eigenvalue weighted by Gasteiger charge is 2.32. The summed E-state index contributed by atoms with van der Waals surface area (Å²) in [6, 6.07) is 7.31. The fraction of sp³-hybridized carbons (Fsp3) is 0.154. The van der Waals surface area contributed by atoms with Gasteiger partial charge in [-0.1, -0.05) is 6.07 Å². The highest BCUT2D eigenvalue weighted by molar-refractivity contribution is 5.63. The third kappa shape index (κ3) is 3.18. The van der Waals surface area contributed by atoms with Gasteiger partial charge in [-0.2, -0.15) is 13.2 Å². The summed E-state index contributed by atoms with van der Waals surface area (Å²) in [5.74, 6) is 5.64. The second-order valence-electron chi connectivity index (χ2n) is 4.23. The molecule has 0 atom stereocenters. The predicted octanol–water partition coefficient (Wildman–Crippen LogP) is 3.44. The topological polar surface area (TPSA) is 63.0 Å². The summed E-state index contributed by atoms with van der Waals surface area (Å²) >= 11 is 0. The molecule has 0 saturated heterocycles. The minimum Gasteiger partial charge on any atom is -0.355 e. The predicted molar refractivity (Wildman–Crippen MR) is 71.5 cm³/mol. The standard InChI is InChI=1S/C13H13F3N4/c1-8-2-3-9(6-11(8)13(14,15)16)19-10-4-5-18-12(7-10)20-17/h2-7H,17H2,1H3,(H2,18,19,20). The minimum absolute atomic E-state index is 0.182. The van der Waals surface area contributed by atoms with Gasteiger partial charge in [0.2, 0.25) is 0 Å². The van der Waals surface area contributed by atoms with Crippen molar-refractivity contribution in [3.8, 4) is 0 Å². The summed E-state index contributed by atoms with van der Waals surface area (Å²) in [4.78, 5) is 3.91. The number of aryl methyl sites for hydroxylation is 1. The Labute approximate surface area is 113 Å². The van der Waals surface area contributed by atoms with E-state index >= 15 is 0 Å². The average Bonchev–Trinajstić information content (AvgIpc) is 2.40. The van der Waals surface area contributed by atoms with E-state index in [0.29, 0.717) is 17.2 Å². The maximum absolute atomic E-state index is 12.8. The maximum Gasteiger partial charge on any atom is 0.416 e. The second kappa shape index (κ2) is 5.38. The van der Waals surface area contributed by atoms with Crippen molar-refractivity contribution in [3.63, 3.8) is 0 Å². The lowest BCUT2D eigenvalue weighted by molar-refractivity contribution is -0.138. The zero-order valence-electron chi connectivity index (χ0n) is 10.6. The van der Waals surface area contributed by atoms with Crippen LogP contribution in [0.1, 0.15) is 11.1 Å². The van der Waals surface area contributed by atoms with E-state index in [4.69, 9.17) is 5.84 Å². The molecule has 0 radical (unpaired) electrons. The van der Waals surface area contributed by atoms with E-state index in [1.165, 1.54) is 19.2 Å². The molecule has 1 aromatic heterocycles. The van der Waals surface area contributed by atoms with E-state index in [2.05, 4.69) is 15.7 Å². The van der Waals surface area contributed by atoms with Crippen LogP contribution in [0.5, 0.6) is 0 Å². The van der Waals surface area contributed by atoms with E-state index in [1.54, 1.807) is 18.2 Å². The van der Waals surface area contributed by atoms with Crippen molar-refractivity contribution in [2.45, 2.75) is 13.1 Å². The highest BCUT2D eigenvalue weighted by atomic mass is 19.4. The third-order valence-corrected chi connectivity index (χ3v) is 2.74. The van der Waals surface area contributed by atoms with Crippen LogP contribution >= 0.6 is 0 Å². The van der Waals surface area contributed by atoms with Crippen LogP contribution in [0.25, 0.3) is 0 Å². The quantitative estimate of drug-likeness (QED) is 0.596. The van der Waals surface area contributed by atoms with Gasteiger partial charge in [-0.05, 0) is 30.7 Å². The highest BCUT2D eigenvalue weighted by Crippen LogP contribution is 2.34. The Morgan fingerprint density at radius 3 is 2.45 bits per heavy atom. The van der Waals surface area contributed by atoms with Crippen LogP contribution < -0.4 is 16.6 Å². The molecule has 0 unspecified atom stereocenters. The molecule has 7 heteroatoms. The van der Waals surface area contributed by atoms with Crippen molar-refractivity contribution in [1.82, 2.24) is 4.98 Å². The number of anilines is 3. The molecular formula is C13H13F3N4. The molecule has 1 aromatic carbocycles. The molecule has 2 rings (SSSR count). The minimum atomic E-state index is -4.37. The monoisotopic (exact) mass is 282 g/mol. The lowest BCUT2D eigenvalue weighted by atomic mass is 10.1. The molecule has 4 nitrogen and oxygen atoms in total. The van der Waals surface area contributed by atoms with Crippen molar-refractivity contribution in [2.75, 3.05) is 10.7 Å². The zero-order chi connectivity index (χ0) is 14.8. The Balaban J connectivity index is 2.30. The van der Waals surface area contributed by atoms with Gasteiger partial charge in [0.1, 0.15) is 5.82 Å². The van der Waals surface area contributed by atoms with Crippen LogP contribution in [-0.2, 0) is 6.18 Å². The number of aromatic nitrogens is 1. The molecule has 0 amide bonds. The Hall–Kier alpha value is -2.28. The van der Waals surface area contributed by atoms with E-state index in [-0.39, 0.29) is 5.56 Å². The van der Waals surface area contributed by atoms with Crippen LogP contribution in [0, 0.1) is 6.92 Å². The van der Waals surface area contributed by atoms with E-state index < -0.39 is 11.7 Å². The maximum atomic E-state index is 12.8. The van der Waals surface area contributed by atoms with Crippen molar-refractivity contribution in [1.29, 1.82) is 0 Å². The first kappa shape index (κ1) is 14.1. The Morgan fingerprint density at radius 2 is 1.80 bits per heavy atom. The van der Waals surface area contributed by atoms with Gasteiger partial charge in [-0.15, -0.1) is 0 Å². The van der Waals surface area contributed by atoms with Gasteiger partial charge in [0.05, 0.1) is 5.56 Å². The molecule has 2 aromatic rings. The van der Waals surface area contributed by atoms with Crippen LogP contribution in [0.2, 0.25) is 0 Å². The number of hydrazine groups is 1. The number of nitrogen functional groups attached to an aromatic ring is 1. The number of nitrogens with zero attached hydrogens (tertiary/aromatic N) is 1. The van der Waals surface area contributed by atoms with Gasteiger partial charge in [0, 0.05) is 23.6 Å². The van der Waals surface area contributed by atoms with Crippen LogP contribution in [0.3, 0.4) is 0 Å². The van der Waals surface area contributed by atoms with E-state index in [0.717, 1.165) is 6.07 Å². The van der Waals surface area contributed by atoms with E-state index in [1.807, 2.05) is 0 Å². The zero-order valence-corrected chi connectivity index (χ0v) is 10.6. The number of hydrogen-bond acceptors (Lipinski definition) is 4. The normalized spacial score (nSPS) is 11.2. The average molecular weight is 282 g/mol. The lowest BCUT2D eigenvalue weighted by Gasteiger charge is -2.13. The summed E-state index contributed by atoms with van der Waals surface area (Å²) in [5.41, 5.74) is 2.82. The second-order valence-corrected chi connectivity index (χ2v) is 4.23. The molecular weight excluding hydrogens is 269 g/mol. The summed E-state index contributed by atoms with van der Waals surface area (Å²) in [6.07, 6.45) is -2.87. The molecule has 1 heterocycles. The summed E-state index contributed by atoms with van der Waals surface area (Å²) in [7, 11) is 0. The first-order chi connectivity index (χ1) is 9.40. The SMILES string of the molecule is Cc1ccc(Nc2ccnc(NN)c2)cc1C(F)(F)F. The number of nitrogens with two attached hydrogens (primary N) is 1. The molecule has 0 aliphatic heterocycles. The number of pyridine rings is 1.